The summed E-state index contributed by atoms with van der Waals surface area (Å²) in [6.45, 7) is 0. The number of hydrogen-bond acceptors (Lipinski definition) is 0. The number of rotatable bonds is 1. The molecule has 1 atom stereocenters. The smallest absolute Gasteiger partial charge is 0.325 e. The van der Waals surface area contributed by atoms with E-state index in [0.717, 1.165) is 12.1 Å². The molecule has 0 bridgehead atoms. The van der Waals surface area contributed by atoms with Gasteiger partial charge in [0.05, 0.1) is 0 Å². The first-order chi connectivity index (χ1) is 5.70. The van der Waals surface area contributed by atoms with Crippen molar-refractivity contribution < 1.29 is 64.6 Å². The summed E-state index contributed by atoms with van der Waals surface area (Å²) < 4.78 is 38.4. The van der Waals surface area contributed by atoms with Gasteiger partial charge in [-0.15, -0.1) is 0 Å². The number of halogens is 3. The topological polar surface area (TPSA) is 0 Å². The Balaban J connectivity index is 0.000000845. The van der Waals surface area contributed by atoms with E-state index in [-0.39, 0.29) is 62.9 Å². The molecule has 0 spiro atoms. The third-order valence-corrected chi connectivity index (χ3v) is 1.92. The molecule has 4 heteroatoms. The fourth-order valence-electron chi connectivity index (χ4n) is 1.19. The van der Waals surface area contributed by atoms with Crippen LogP contribution in [0.15, 0.2) is 12.1 Å². The van der Waals surface area contributed by atoms with Crippen molar-refractivity contribution in [3.8, 4) is 0 Å². The Hall–Kier alpha value is 0.646. The summed E-state index contributed by atoms with van der Waals surface area (Å²) in [5.74, 6) is -2.91. The average molecular weight is 210 g/mol. The predicted octanol–water partition coefficient (Wildman–Crippen LogP) is -0.201. The van der Waals surface area contributed by atoms with Crippen LogP contribution in [0.25, 0.3) is 0 Å². The molecule has 0 radical (unpaired) electrons. The monoisotopic (exact) mass is 210 g/mol. The van der Waals surface area contributed by atoms with E-state index in [1.807, 2.05) is 0 Å². The Morgan fingerprint density at radius 1 is 1.15 bits per heavy atom. The maximum atomic E-state index is 12.9. The van der Waals surface area contributed by atoms with Crippen LogP contribution in [0.2, 0.25) is 0 Å². The molecule has 1 aliphatic carbocycles. The Kier molecular flexibility index (Phi) is 4.01. The van der Waals surface area contributed by atoms with E-state index in [1.54, 1.807) is 6.42 Å². The SMILES string of the molecule is Fc1ccc(F)c([C@@H]2[CH-]C2)c1F.[K+]. The second kappa shape index (κ2) is 4.44. The Bertz CT molecular complexity index is 321. The largest absolute Gasteiger partial charge is 1.00 e. The zero-order valence-corrected chi connectivity index (χ0v) is 10.3. The van der Waals surface area contributed by atoms with Crippen molar-refractivity contribution in [1.82, 2.24) is 0 Å². The Morgan fingerprint density at radius 2 is 1.69 bits per heavy atom. The van der Waals surface area contributed by atoms with Gasteiger partial charge in [-0.1, -0.05) is 0 Å². The quantitative estimate of drug-likeness (QED) is 0.342. The van der Waals surface area contributed by atoms with Crippen LogP contribution in [0.4, 0.5) is 13.2 Å². The minimum absolute atomic E-state index is 0. The fourth-order valence-corrected chi connectivity index (χ4v) is 1.19. The van der Waals surface area contributed by atoms with Crippen LogP contribution >= 0.6 is 0 Å². The van der Waals surface area contributed by atoms with Crippen LogP contribution in [0.5, 0.6) is 0 Å². The van der Waals surface area contributed by atoms with Crippen LogP contribution in [0.1, 0.15) is 17.9 Å². The molecule has 0 aromatic heterocycles. The van der Waals surface area contributed by atoms with E-state index in [9.17, 15) is 13.2 Å². The molecule has 0 aliphatic heterocycles. The van der Waals surface area contributed by atoms with Crippen LogP contribution in [0, 0.1) is 23.9 Å². The van der Waals surface area contributed by atoms with Gasteiger partial charge in [0.15, 0.2) is 11.6 Å². The molecule has 0 saturated heterocycles. The summed E-state index contributed by atoms with van der Waals surface area (Å²) >= 11 is 0. The molecular formula is C9H6F3K. The van der Waals surface area contributed by atoms with Gasteiger partial charge in [0.25, 0.3) is 0 Å². The van der Waals surface area contributed by atoms with E-state index in [0.29, 0.717) is 6.42 Å². The van der Waals surface area contributed by atoms with Gasteiger partial charge in [-0.3, -0.25) is 0 Å². The minimum Gasteiger partial charge on any atom is -0.325 e. The maximum absolute atomic E-state index is 12.9. The third kappa shape index (κ3) is 2.36. The molecule has 0 N–H and O–H groups in total. The molecule has 0 amide bonds. The zero-order chi connectivity index (χ0) is 8.72. The molecule has 1 saturated carbocycles. The van der Waals surface area contributed by atoms with Crippen LogP contribution in [-0.2, 0) is 0 Å². The van der Waals surface area contributed by atoms with E-state index < -0.39 is 17.5 Å². The van der Waals surface area contributed by atoms with E-state index in [4.69, 9.17) is 0 Å². The molecule has 64 valence electrons. The second-order valence-electron chi connectivity index (χ2n) is 2.83. The molecule has 2 rings (SSSR count). The standard InChI is InChI=1S/C9H6F3.K/c10-6-3-4-7(11)9(12)8(6)5-1-2-5;/h1,3-5H,2H2;/q-1;+1/t5-;/m1./s1. The molecule has 0 unspecified atom stereocenters. The van der Waals surface area contributed by atoms with Crippen LogP contribution in [0.3, 0.4) is 0 Å². The van der Waals surface area contributed by atoms with E-state index in [1.165, 1.54) is 0 Å². The molecule has 0 heterocycles. The molecule has 1 aromatic rings. The van der Waals surface area contributed by atoms with Gasteiger partial charge in [-0.2, -0.15) is 12.3 Å². The van der Waals surface area contributed by atoms with Crippen molar-refractivity contribution in [3.63, 3.8) is 0 Å². The van der Waals surface area contributed by atoms with Crippen LogP contribution < -0.4 is 51.4 Å². The number of hydrogen-bond donors (Lipinski definition) is 0. The van der Waals surface area contributed by atoms with Gasteiger partial charge in [0.1, 0.15) is 5.82 Å². The molecule has 0 nitrogen and oxygen atoms in total. The fraction of sp³-hybridized carbons (Fsp3) is 0.222. The van der Waals surface area contributed by atoms with Crippen molar-refractivity contribution in [2.45, 2.75) is 12.3 Å². The summed E-state index contributed by atoms with van der Waals surface area (Å²) in [7, 11) is 0. The first-order valence-electron chi connectivity index (χ1n) is 3.67. The van der Waals surface area contributed by atoms with Crippen molar-refractivity contribution in [2.24, 2.45) is 0 Å². The molecule has 13 heavy (non-hydrogen) atoms. The Labute approximate surface area is 117 Å². The van der Waals surface area contributed by atoms with E-state index >= 15 is 0 Å². The average Bonchev–Trinajstić information content (AvgIpc) is 2.81. The Morgan fingerprint density at radius 3 is 2.23 bits per heavy atom. The van der Waals surface area contributed by atoms with Gasteiger partial charge in [0, 0.05) is 0 Å². The first-order valence-corrected chi connectivity index (χ1v) is 3.67. The van der Waals surface area contributed by atoms with Crippen molar-refractivity contribution in [1.29, 1.82) is 0 Å². The summed E-state index contributed by atoms with van der Waals surface area (Å²) in [5.41, 5.74) is -0.130. The van der Waals surface area contributed by atoms with Crippen molar-refractivity contribution >= 4 is 0 Å². The van der Waals surface area contributed by atoms with E-state index in [2.05, 4.69) is 0 Å². The molecule has 1 fully saturated rings. The minimum atomic E-state index is -1.05. The molecule has 1 aliphatic rings. The van der Waals surface area contributed by atoms with Crippen molar-refractivity contribution in [2.75, 3.05) is 0 Å². The summed E-state index contributed by atoms with van der Waals surface area (Å²) in [6, 6.07) is 1.76. The van der Waals surface area contributed by atoms with Gasteiger partial charge < -0.3 is 6.42 Å². The van der Waals surface area contributed by atoms with Gasteiger partial charge in [-0.05, 0) is 17.7 Å². The molecular weight excluding hydrogens is 204 g/mol. The maximum Gasteiger partial charge on any atom is 1.00 e. The van der Waals surface area contributed by atoms with Gasteiger partial charge in [0.2, 0.25) is 0 Å². The predicted molar refractivity (Wildman–Crippen MR) is 38.0 cm³/mol. The number of benzene rings is 1. The normalized spacial score (nSPS) is 19.5. The van der Waals surface area contributed by atoms with Gasteiger partial charge >= 0.3 is 51.4 Å². The van der Waals surface area contributed by atoms with Crippen LogP contribution in [-0.4, -0.2) is 0 Å². The van der Waals surface area contributed by atoms with Gasteiger partial charge in [-0.25, -0.2) is 13.2 Å². The third-order valence-electron chi connectivity index (χ3n) is 1.92. The molecule has 1 aromatic carbocycles. The zero-order valence-electron chi connectivity index (χ0n) is 7.15. The summed E-state index contributed by atoms with van der Waals surface area (Å²) in [5, 5.41) is 0. The first kappa shape index (κ1) is 11.7. The summed E-state index contributed by atoms with van der Waals surface area (Å²) in [4.78, 5) is 0. The second-order valence-corrected chi connectivity index (χ2v) is 2.83. The van der Waals surface area contributed by atoms with Crippen molar-refractivity contribution in [3.05, 3.63) is 41.6 Å². The summed E-state index contributed by atoms with van der Waals surface area (Å²) in [6.07, 6.45) is 2.37.